The van der Waals surface area contributed by atoms with Crippen molar-refractivity contribution in [2.24, 2.45) is 0 Å². The fourth-order valence-corrected chi connectivity index (χ4v) is 6.28. The van der Waals surface area contributed by atoms with Crippen molar-refractivity contribution in [1.29, 1.82) is 0 Å². The minimum atomic E-state index is -3.93. The number of nitrogens with zero attached hydrogens (tertiary/aromatic N) is 1. The van der Waals surface area contributed by atoms with E-state index in [1.165, 1.54) is 4.31 Å². The van der Waals surface area contributed by atoms with Crippen LogP contribution in [0.4, 0.5) is 4.39 Å². The number of ether oxygens (including phenoxy) is 2. The Morgan fingerprint density at radius 2 is 1.39 bits per heavy atom. The summed E-state index contributed by atoms with van der Waals surface area (Å²) in [5.41, 5.74) is 1.40. The minimum absolute atomic E-state index is 0.0599. The summed E-state index contributed by atoms with van der Waals surface area (Å²) >= 11 is 0. The van der Waals surface area contributed by atoms with Gasteiger partial charge in [0.1, 0.15) is 17.7 Å². The number of methoxy groups -OCH3 is 2. The Labute approximate surface area is 194 Å². The lowest BCUT2D eigenvalue weighted by Gasteiger charge is -2.45. The number of hydrogen-bond acceptors (Lipinski definition) is 4. The number of aryl methyl sites for hydroxylation is 1. The molecule has 1 aliphatic rings. The summed E-state index contributed by atoms with van der Waals surface area (Å²) in [6.45, 7) is 1.75. The summed E-state index contributed by atoms with van der Waals surface area (Å²) < 4.78 is 55.2. The normalized spacial score (nSPS) is 18.6. The molecule has 1 atom stereocenters. The van der Waals surface area contributed by atoms with Crippen LogP contribution in [0.2, 0.25) is 0 Å². The Morgan fingerprint density at radius 3 is 1.91 bits per heavy atom. The number of halogens is 1. The predicted molar refractivity (Wildman–Crippen MR) is 126 cm³/mol. The summed E-state index contributed by atoms with van der Waals surface area (Å²) in [5, 5.41) is 0. The molecule has 5 nitrogen and oxygen atoms in total. The number of piperidine rings is 1. The zero-order valence-electron chi connectivity index (χ0n) is 19.0. The van der Waals surface area contributed by atoms with Crippen LogP contribution in [0.5, 0.6) is 11.5 Å². The lowest BCUT2D eigenvalue weighted by molar-refractivity contribution is 0.144. The Bertz CT molecular complexity index is 1180. The lowest BCUT2D eigenvalue weighted by Crippen LogP contribution is -2.53. The number of para-hydroxylation sites is 2. The number of benzene rings is 3. The van der Waals surface area contributed by atoms with Gasteiger partial charge in [0.25, 0.3) is 0 Å². The highest BCUT2D eigenvalue weighted by Crippen LogP contribution is 2.48. The van der Waals surface area contributed by atoms with Gasteiger partial charge in [0.05, 0.1) is 19.1 Å². The highest BCUT2D eigenvalue weighted by Gasteiger charge is 2.48. The Morgan fingerprint density at radius 1 is 0.879 bits per heavy atom. The van der Waals surface area contributed by atoms with Gasteiger partial charge in [-0.05, 0) is 37.6 Å². The molecule has 1 unspecified atom stereocenters. The van der Waals surface area contributed by atoms with Crippen LogP contribution >= 0.6 is 0 Å². The molecule has 1 aliphatic heterocycles. The van der Waals surface area contributed by atoms with E-state index in [0.29, 0.717) is 11.5 Å². The maximum Gasteiger partial charge on any atom is 0.243 e. The first-order valence-electron chi connectivity index (χ1n) is 10.8. The third kappa shape index (κ3) is 4.23. The molecule has 0 amide bonds. The van der Waals surface area contributed by atoms with E-state index in [1.54, 1.807) is 38.5 Å². The molecule has 0 aliphatic carbocycles. The predicted octanol–water partition coefficient (Wildman–Crippen LogP) is 4.73. The van der Waals surface area contributed by atoms with Crippen molar-refractivity contribution < 1.29 is 22.3 Å². The summed E-state index contributed by atoms with van der Waals surface area (Å²) in [4.78, 5) is 0.149. The molecule has 1 heterocycles. The average Bonchev–Trinajstić information content (AvgIpc) is 2.83. The molecule has 1 saturated heterocycles. The lowest BCUT2D eigenvalue weighted by atomic mass is 9.68. The summed E-state index contributed by atoms with van der Waals surface area (Å²) in [5.74, 6) is 1.15. The number of rotatable bonds is 6. The fourth-order valence-electron chi connectivity index (χ4n) is 4.75. The van der Waals surface area contributed by atoms with Gasteiger partial charge >= 0.3 is 0 Å². The molecule has 33 heavy (non-hydrogen) atoms. The van der Waals surface area contributed by atoms with Crippen LogP contribution in [0.15, 0.2) is 77.7 Å². The first kappa shape index (κ1) is 23.3. The van der Waals surface area contributed by atoms with E-state index in [4.69, 9.17) is 9.47 Å². The van der Waals surface area contributed by atoms with E-state index in [1.807, 2.05) is 55.5 Å². The second-order valence-electron chi connectivity index (χ2n) is 8.39. The molecule has 0 aromatic heterocycles. The summed E-state index contributed by atoms with van der Waals surface area (Å²) in [6.07, 6.45) is -1.28. The Balaban J connectivity index is 1.92. The van der Waals surface area contributed by atoms with Crippen molar-refractivity contribution in [3.63, 3.8) is 0 Å². The topological polar surface area (TPSA) is 55.8 Å². The second-order valence-corrected chi connectivity index (χ2v) is 10.3. The van der Waals surface area contributed by atoms with Crippen molar-refractivity contribution in [1.82, 2.24) is 4.31 Å². The van der Waals surface area contributed by atoms with Gasteiger partial charge in [-0.1, -0.05) is 54.1 Å². The highest BCUT2D eigenvalue weighted by molar-refractivity contribution is 7.89. The standard InChI is InChI=1S/C26H28FNO4S/c1-19-12-14-21(15-13-19)33(29,30)28-17-20(27)16-26(18-28,22-8-4-6-10-24(22)31-2)23-9-5-7-11-25(23)32-3/h4-15,20H,16-18H2,1-3H3. The van der Waals surface area contributed by atoms with Gasteiger partial charge < -0.3 is 9.47 Å². The SMILES string of the molecule is COc1ccccc1C1(c2ccccc2OC)CC(F)CN(S(=O)(=O)c2ccc(C)cc2)C1. The molecule has 0 bridgehead atoms. The average molecular weight is 470 g/mol. The molecule has 3 aromatic carbocycles. The zero-order valence-corrected chi connectivity index (χ0v) is 19.8. The van der Waals surface area contributed by atoms with E-state index in [0.717, 1.165) is 16.7 Å². The molecule has 4 rings (SSSR count). The van der Waals surface area contributed by atoms with Crippen molar-refractivity contribution in [3.05, 3.63) is 89.5 Å². The van der Waals surface area contributed by atoms with Crippen molar-refractivity contribution in [2.75, 3.05) is 27.3 Å². The number of hydrogen-bond donors (Lipinski definition) is 0. The molecular formula is C26H28FNO4S. The van der Waals surface area contributed by atoms with E-state index >= 15 is 4.39 Å². The maximum absolute atomic E-state index is 15.5. The van der Waals surface area contributed by atoms with Crippen molar-refractivity contribution >= 4 is 10.0 Å². The molecule has 7 heteroatoms. The second kappa shape index (κ2) is 9.15. The van der Waals surface area contributed by atoms with Crippen LogP contribution in [0.1, 0.15) is 23.1 Å². The third-order valence-electron chi connectivity index (χ3n) is 6.32. The molecule has 174 valence electrons. The number of sulfonamides is 1. The van der Waals surface area contributed by atoms with Crippen LogP contribution in [0.25, 0.3) is 0 Å². The van der Waals surface area contributed by atoms with Gasteiger partial charge in [-0.25, -0.2) is 12.8 Å². The van der Waals surface area contributed by atoms with Crippen LogP contribution in [0.3, 0.4) is 0 Å². The highest BCUT2D eigenvalue weighted by atomic mass is 32.2. The molecule has 0 saturated carbocycles. The monoisotopic (exact) mass is 469 g/mol. The third-order valence-corrected chi connectivity index (χ3v) is 8.15. The minimum Gasteiger partial charge on any atom is -0.496 e. The quantitative estimate of drug-likeness (QED) is 0.524. The first-order chi connectivity index (χ1) is 15.8. The fraction of sp³-hybridized carbons (Fsp3) is 0.308. The maximum atomic E-state index is 15.5. The van der Waals surface area contributed by atoms with E-state index in [2.05, 4.69) is 0 Å². The molecule has 3 aromatic rings. The van der Waals surface area contributed by atoms with Crippen molar-refractivity contribution in [3.8, 4) is 11.5 Å². The largest absolute Gasteiger partial charge is 0.496 e. The first-order valence-corrected chi connectivity index (χ1v) is 12.2. The zero-order chi connectivity index (χ0) is 23.6. The van der Waals surface area contributed by atoms with E-state index < -0.39 is 21.6 Å². The van der Waals surface area contributed by atoms with Gasteiger partial charge in [-0.3, -0.25) is 0 Å². The molecule has 1 fully saturated rings. The van der Waals surface area contributed by atoms with Gasteiger partial charge in [-0.2, -0.15) is 4.31 Å². The Kier molecular flexibility index (Phi) is 6.45. The van der Waals surface area contributed by atoms with Crippen LogP contribution in [-0.2, 0) is 15.4 Å². The molecule has 0 radical (unpaired) electrons. The molecular weight excluding hydrogens is 441 g/mol. The smallest absolute Gasteiger partial charge is 0.243 e. The van der Waals surface area contributed by atoms with Gasteiger partial charge in [-0.15, -0.1) is 0 Å². The summed E-state index contributed by atoms with van der Waals surface area (Å²) in [6, 6.07) is 21.4. The van der Waals surface area contributed by atoms with E-state index in [9.17, 15) is 8.42 Å². The van der Waals surface area contributed by atoms with Gasteiger partial charge in [0, 0.05) is 29.6 Å². The molecule has 0 spiro atoms. The van der Waals surface area contributed by atoms with Crippen LogP contribution < -0.4 is 9.47 Å². The van der Waals surface area contributed by atoms with Gasteiger partial charge in [0.15, 0.2) is 0 Å². The van der Waals surface area contributed by atoms with Crippen LogP contribution in [-0.4, -0.2) is 46.2 Å². The van der Waals surface area contributed by atoms with Crippen molar-refractivity contribution in [2.45, 2.75) is 29.8 Å². The van der Waals surface area contributed by atoms with E-state index in [-0.39, 0.29) is 24.4 Å². The number of alkyl halides is 1. The Hall–Kier alpha value is -2.90. The van der Waals surface area contributed by atoms with Gasteiger partial charge in [0.2, 0.25) is 10.0 Å². The summed E-state index contributed by atoms with van der Waals surface area (Å²) in [7, 11) is -0.805. The molecule has 0 N–H and O–H groups in total. The van der Waals surface area contributed by atoms with Crippen LogP contribution in [0, 0.1) is 6.92 Å².